The molecule has 0 saturated carbocycles. The lowest BCUT2D eigenvalue weighted by Gasteiger charge is -2.10. The van der Waals surface area contributed by atoms with E-state index in [4.69, 9.17) is 11.6 Å². The summed E-state index contributed by atoms with van der Waals surface area (Å²) in [6, 6.07) is 13.2. The molecule has 106 valence electrons. The van der Waals surface area contributed by atoms with E-state index in [1.807, 2.05) is 30.3 Å². The SMILES string of the molecule is O=C(CSc1ccccc1)NCC(O)c1ccc(Cl)s1. The summed E-state index contributed by atoms with van der Waals surface area (Å²) in [6.07, 6.45) is -0.710. The van der Waals surface area contributed by atoms with E-state index in [-0.39, 0.29) is 12.5 Å². The summed E-state index contributed by atoms with van der Waals surface area (Å²) < 4.78 is 0.630. The number of benzene rings is 1. The molecule has 2 rings (SSSR count). The van der Waals surface area contributed by atoms with Gasteiger partial charge in [0.2, 0.25) is 5.91 Å². The largest absolute Gasteiger partial charge is 0.386 e. The Bertz CT molecular complexity index is 559. The van der Waals surface area contributed by atoms with Crippen molar-refractivity contribution in [3.05, 3.63) is 51.7 Å². The van der Waals surface area contributed by atoms with Crippen molar-refractivity contribution in [2.45, 2.75) is 11.0 Å². The van der Waals surface area contributed by atoms with Gasteiger partial charge in [0.15, 0.2) is 0 Å². The summed E-state index contributed by atoms with van der Waals surface area (Å²) in [5, 5.41) is 12.6. The average Bonchev–Trinajstić information content (AvgIpc) is 2.90. The fourth-order valence-corrected chi connectivity index (χ4v) is 3.33. The number of aliphatic hydroxyl groups is 1. The molecule has 2 N–H and O–H groups in total. The molecule has 1 aromatic heterocycles. The molecule has 0 aliphatic heterocycles. The summed E-state index contributed by atoms with van der Waals surface area (Å²) in [5.41, 5.74) is 0. The third-order valence-corrected chi connectivity index (χ3v) is 4.87. The highest BCUT2D eigenvalue weighted by Gasteiger charge is 2.11. The van der Waals surface area contributed by atoms with E-state index >= 15 is 0 Å². The summed E-state index contributed by atoms with van der Waals surface area (Å²) in [7, 11) is 0. The molecule has 1 amide bonds. The van der Waals surface area contributed by atoms with Crippen LogP contribution in [0.2, 0.25) is 4.34 Å². The summed E-state index contributed by atoms with van der Waals surface area (Å²) in [5.74, 6) is 0.239. The van der Waals surface area contributed by atoms with Crippen molar-refractivity contribution in [2.24, 2.45) is 0 Å². The number of thiophene rings is 1. The van der Waals surface area contributed by atoms with Crippen LogP contribution in [0.1, 0.15) is 11.0 Å². The second-order valence-electron chi connectivity index (χ2n) is 4.06. The Morgan fingerprint density at radius 3 is 2.70 bits per heavy atom. The normalized spacial score (nSPS) is 12.1. The fourth-order valence-electron chi connectivity index (χ4n) is 1.54. The van der Waals surface area contributed by atoms with Gasteiger partial charge in [0.25, 0.3) is 0 Å². The number of thioether (sulfide) groups is 1. The molecule has 1 atom stereocenters. The predicted octanol–water partition coefficient (Wildman–Crippen LogP) is 3.34. The van der Waals surface area contributed by atoms with Crippen LogP contribution in [0.4, 0.5) is 0 Å². The van der Waals surface area contributed by atoms with Crippen molar-refractivity contribution in [3.8, 4) is 0 Å². The minimum Gasteiger partial charge on any atom is -0.386 e. The number of amides is 1. The Balaban J connectivity index is 1.72. The van der Waals surface area contributed by atoms with Crippen molar-refractivity contribution in [2.75, 3.05) is 12.3 Å². The second kappa shape index (κ2) is 7.69. The van der Waals surface area contributed by atoms with E-state index in [0.717, 1.165) is 9.77 Å². The topological polar surface area (TPSA) is 49.3 Å². The molecule has 0 aliphatic carbocycles. The van der Waals surface area contributed by atoms with E-state index in [1.54, 1.807) is 12.1 Å². The van der Waals surface area contributed by atoms with Gasteiger partial charge in [-0.1, -0.05) is 29.8 Å². The molecule has 0 spiro atoms. The molecule has 2 aromatic rings. The van der Waals surface area contributed by atoms with Crippen molar-refractivity contribution in [1.29, 1.82) is 0 Å². The smallest absolute Gasteiger partial charge is 0.230 e. The lowest BCUT2D eigenvalue weighted by molar-refractivity contribution is -0.119. The summed E-state index contributed by atoms with van der Waals surface area (Å²) in [6.45, 7) is 0.199. The van der Waals surface area contributed by atoms with E-state index < -0.39 is 6.10 Å². The van der Waals surface area contributed by atoms with Crippen molar-refractivity contribution < 1.29 is 9.90 Å². The van der Waals surface area contributed by atoms with Crippen LogP contribution < -0.4 is 5.32 Å². The minimum absolute atomic E-state index is 0.0967. The highest BCUT2D eigenvalue weighted by atomic mass is 35.5. The molecule has 6 heteroatoms. The Morgan fingerprint density at radius 2 is 2.05 bits per heavy atom. The van der Waals surface area contributed by atoms with Gasteiger partial charge in [-0.25, -0.2) is 0 Å². The molecular formula is C14H14ClNO2S2. The van der Waals surface area contributed by atoms with Crippen molar-refractivity contribution in [3.63, 3.8) is 0 Å². The highest BCUT2D eigenvalue weighted by Crippen LogP contribution is 2.26. The highest BCUT2D eigenvalue weighted by molar-refractivity contribution is 8.00. The van der Waals surface area contributed by atoms with Crippen LogP contribution >= 0.6 is 34.7 Å². The van der Waals surface area contributed by atoms with Gasteiger partial charge >= 0.3 is 0 Å². The number of nitrogens with one attached hydrogen (secondary N) is 1. The molecule has 20 heavy (non-hydrogen) atoms. The van der Waals surface area contributed by atoms with Gasteiger partial charge in [-0.05, 0) is 24.3 Å². The van der Waals surface area contributed by atoms with Crippen molar-refractivity contribution >= 4 is 40.6 Å². The molecule has 0 bridgehead atoms. The predicted molar refractivity (Wildman–Crippen MR) is 84.5 cm³/mol. The molecule has 1 unspecified atom stereocenters. The maximum atomic E-state index is 11.7. The first-order valence-electron chi connectivity index (χ1n) is 6.03. The Hall–Kier alpha value is -1.01. The standard InChI is InChI=1S/C14H14ClNO2S2/c15-13-7-6-12(20-13)11(17)8-16-14(18)9-19-10-4-2-1-3-5-10/h1-7,11,17H,8-9H2,(H,16,18). The third kappa shape index (κ3) is 4.83. The van der Waals surface area contributed by atoms with E-state index in [2.05, 4.69) is 5.32 Å². The van der Waals surface area contributed by atoms with E-state index in [0.29, 0.717) is 10.1 Å². The average molecular weight is 328 g/mol. The zero-order valence-corrected chi connectivity index (χ0v) is 13.0. The Labute approximate surface area is 131 Å². The number of aliphatic hydroxyl groups excluding tert-OH is 1. The zero-order valence-electron chi connectivity index (χ0n) is 10.6. The van der Waals surface area contributed by atoms with Gasteiger partial charge in [-0.15, -0.1) is 23.1 Å². The Kier molecular flexibility index (Phi) is 5.91. The van der Waals surface area contributed by atoms with Crippen LogP contribution in [-0.4, -0.2) is 23.3 Å². The number of hydrogen-bond acceptors (Lipinski definition) is 4. The number of halogens is 1. The first-order valence-corrected chi connectivity index (χ1v) is 8.21. The molecule has 0 radical (unpaired) electrons. The molecule has 0 aliphatic rings. The quantitative estimate of drug-likeness (QED) is 0.800. The van der Waals surface area contributed by atoms with Gasteiger partial charge in [-0.2, -0.15) is 0 Å². The number of rotatable bonds is 6. The monoisotopic (exact) mass is 327 g/mol. The van der Waals surface area contributed by atoms with Gasteiger partial charge < -0.3 is 10.4 Å². The molecule has 0 saturated heterocycles. The van der Waals surface area contributed by atoms with Crippen LogP contribution in [0, 0.1) is 0 Å². The first-order chi connectivity index (χ1) is 9.65. The maximum Gasteiger partial charge on any atom is 0.230 e. The lowest BCUT2D eigenvalue weighted by atomic mass is 10.3. The van der Waals surface area contributed by atoms with Crippen LogP contribution in [-0.2, 0) is 4.79 Å². The van der Waals surface area contributed by atoms with Crippen LogP contribution in [0.3, 0.4) is 0 Å². The lowest BCUT2D eigenvalue weighted by Crippen LogP contribution is -2.29. The number of hydrogen-bond donors (Lipinski definition) is 2. The van der Waals surface area contributed by atoms with Crippen LogP contribution in [0.5, 0.6) is 0 Å². The van der Waals surface area contributed by atoms with E-state index in [9.17, 15) is 9.90 Å². The molecular weight excluding hydrogens is 314 g/mol. The summed E-state index contributed by atoms with van der Waals surface area (Å²) in [4.78, 5) is 13.5. The molecule has 0 fully saturated rings. The molecule has 1 aromatic carbocycles. The van der Waals surface area contributed by atoms with Gasteiger partial charge in [0.1, 0.15) is 6.10 Å². The number of carbonyl (C=O) groups excluding carboxylic acids is 1. The van der Waals surface area contributed by atoms with Gasteiger partial charge in [0.05, 0.1) is 10.1 Å². The first kappa shape index (κ1) is 15.4. The van der Waals surface area contributed by atoms with Crippen molar-refractivity contribution in [1.82, 2.24) is 5.32 Å². The van der Waals surface area contributed by atoms with Gasteiger partial charge in [-0.3, -0.25) is 4.79 Å². The molecule has 1 heterocycles. The zero-order chi connectivity index (χ0) is 14.4. The Morgan fingerprint density at radius 1 is 1.30 bits per heavy atom. The van der Waals surface area contributed by atoms with Gasteiger partial charge in [0, 0.05) is 16.3 Å². The number of carbonyl (C=O) groups is 1. The van der Waals surface area contributed by atoms with E-state index in [1.165, 1.54) is 23.1 Å². The van der Waals surface area contributed by atoms with Crippen LogP contribution in [0.15, 0.2) is 47.4 Å². The third-order valence-electron chi connectivity index (χ3n) is 2.53. The maximum absolute atomic E-state index is 11.7. The second-order valence-corrected chi connectivity index (χ2v) is 6.86. The van der Waals surface area contributed by atoms with Crippen LogP contribution in [0.25, 0.3) is 0 Å². The molecule has 3 nitrogen and oxygen atoms in total. The fraction of sp³-hybridized carbons (Fsp3) is 0.214. The summed E-state index contributed by atoms with van der Waals surface area (Å²) >= 11 is 8.59. The minimum atomic E-state index is -0.710.